The number of likely N-dealkylation sites (N-methyl/N-ethyl adjacent to an activating group) is 1. The van der Waals surface area contributed by atoms with E-state index >= 15 is 0 Å². The average molecular weight is 346 g/mol. The second kappa shape index (κ2) is 10.4. The molecule has 1 aliphatic heterocycles. The summed E-state index contributed by atoms with van der Waals surface area (Å²) in [5, 5.41) is 6.64. The van der Waals surface area contributed by atoms with E-state index in [1.165, 1.54) is 43.9 Å². The smallest absolute Gasteiger partial charge is 0.191 e. The molecule has 5 nitrogen and oxygen atoms in total. The van der Waals surface area contributed by atoms with E-state index in [9.17, 15) is 0 Å². The van der Waals surface area contributed by atoms with Crippen LogP contribution in [0.5, 0.6) is 0 Å². The molecule has 0 aliphatic carbocycles. The number of aliphatic imine (C=N–C) groups is 1. The van der Waals surface area contributed by atoms with Crippen LogP contribution in [0, 0.1) is 0 Å². The van der Waals surface area contributed by atoms with Gasteiger partial charge in [0.25, 0.3) is 0 Å². The Kier molecular flexibility index (Phi) is 8.22. The van der Waals surface area contributed by atoms with Crippen LogP contribution >= 0.6 is 0 Å². The highest BCUT2D eigenvalue weighted by molar-refractivity contribution is 5.79. The molecule has 1 fully saturated rings. The summed E-state index contributed by atoms with van der Waals surface area (Å²) in [5.74, 6) is 0.885. The molecule has 0 saturated carbocycles. The summed E-state index contributed by atoms with van der Waals surface area (Å²) in [6.07, 6.45) is 0. The molecule has 1 heterocycles. The molecule has 25 heavy (non-hydrogen) atoms. The van der Waals surface area contributed by atoms with Crippen LogP contribution in [0.15, 0.2) is 29.3 Å². The summed E-state index contributed by atoms with van der Waals surface area (Å²) in [5.41, 5.74) is 2.64. The van der Waals surface area contributed by atoms with Gasteiger partial charge in [-0.2, -0.15) is 0 Å². The van der Waals surface area contributed by atoms with Gasteiger partial charge in [-0.3, -0.25) is 4.90 Å². The van der Waals surface area contributed by atoms with Crippen LogP contribution in [-0.4, -0.2) is 61.1 Å². The molecule has 2 N–H and O–H groups in total. The third-order valence-electron chi connectivity index (χ3n) is 4.53. The molecule has 0 bridgehead atoms. The Hall–Kier alpha value is -1.59. The number of nitrogens with one attached hydrogen (secondary N) is 2. The van der Waals surface area contributed by atoms with E-state index in [4.69, 9.17) is 0 Å². The zero-order chi connectivity index (χ0) is 18.1. The van der Waals surface area contributed by atoms with E-state index in [0.29, 0.717) is 12.6 Å². The van der Waals surface area contributed by atoms with Crippen LogP contribution in [0.25, 0.3) is 0 Å². The van der Waals surface area contributed by atoms with E-state index in [2.05, 4.69) is 77.4 Å². The molecule has 0 radical (unpaired) electrons. The molecule has 0 aromatic heterocycles. The van der Waals surface area contributed by atoms with Crippen molar-refractivity contribution >= 4 is 5.96 Å². The Morgan fingerprint density at radius 1 is 1.00 bits per heavy atom. The van der Waals surface area contributed by atoms with Crippen LogP contribution in [0.3, 0.4) is 0 Å². The molecular weight excluding hydrogens is 310 g/mol. The van der Waals surface area contributed by atoms with Crippen molar-refractivity contribution < 1.29 is 0 Å². The molecule has 0 spiro atoms. The summed E-state index contributed by atoms with van der Waals surface area (Å²) in [6, 6.07) is 9.30. The van der Waals surface area contributed by atoms with Crippen molar-refractivity contribution in [2.75, 3.05) is 39.3 Å². The highest BCUT2D eigenvalue weighted by Crippen LogP contribution is 2.11. The van der Waals surface area contributed by atoms with E-state index in [0.717, 1.165) is 19.0 Å². The predicted molar refractivity (Wildman–Crippen MR) is 107 cm³/mol. The van der Waals surface area contributed by atoms with E-state index < -0.39 is 0 Å². The first-order chi connectivity index (χ1) is 12.1. The summed E-state index contributed by atoms with van der Waals surface area (Å²) in [4.78, 5) is 9.73. The molecule has 2 rings (SSSR count). The van der Waals surface area contributed by atoms with Gasteiger partial charge >= 0.3 is 0 Å². The van der Waals surface area contributed by atoms with Crippen LogP contribution in [0.2, 0.25) is 0 Å². The second-order valence-corrected chi connectivity index (χ2v) is 7.02. The van der Waals surface area contributed by atoms with Gasteiger partial charge in [-0.1, -0.05) is 31.2 Å². The van der Waals surface area contributed by atoms with Gasteiger partial charge < -0.3 is 15.5 Å². The minimum absolute atomic E-state index is 0.383. The van der Waals surface area contributed by atoms with Gasteiger partial charge in [0.2, 0.25) is 0 Å². The molecule has 5 heteroatoms. The monoisotopic (exact) mass is 345 g/mol. The Labute approximate surface area is 153 Å². The highest BCUT2D eigenvalue weighted by Gasteiger charge is 2.15. The first-order valence-corrected chi connectivity index (χ1v) is 9.68. The maximum absolute atomic E-state index is 4.67. The fraction of sp³-hybridized carbons (Fsp3) is 0.650. The average Bonchev–Trinajstić information content (AvgIpc) is 2.61. The molecule has 140 valence electrons. The highest BCUT2D eigenvalue weighted by atomic mass is 15.3. The number of piperazine rings is 1. The van der Waals surface area contributed by atoms with Gasteiger partial charge in [-0.25, -0.2) is 4.99 Å². The Bertz CT molecular complexity index is 515. The van der Waals surface area contributed by atoms with E-state index in [1.807, 2.05) is 0 Å². The van der Waals surface area contributed by atoms with Gasteiger partial charge in [0, 0.05) is 45.3 Å². The minimum atomic E-state index is 0.383. The molecule has 1 aliphatic rings. The lowest BCUT2D eigenvalue weighted by atomic mass is 10.1. The van der Waals surface area contributed by atoms with Crippen LogP contribution in [0.1, 0.15) is 38.8 Å². The third-order valence-corrected chi connectivity index (χ3v) is 4.53. The molecule has 1 aromatic rings. The Balaban J connectivity index is 1.84. The topological polar surface area (TPSA) is 42.9 Å². The lowest BCUT2D eigenvalue weighted by Gasteiger charge is -2.34. The van der Waals surface area contributed by atoms with Gasteiger partial charge in [0.1, 0.15) is 0 Å². The van der Waals surface area contributed by atoms with E-state index in [1.54, 1.807) is 0 Å². The SMILES string of the molecule is CCNC(=NCc1ccc(CN2CCN(CC)CC2)cc1)NC(C)C. The Morgan fingerprint density at radius 2 is 1.60 bits per heavy atom. The fourth-order valence-electron chi connectivity index (χ4n) is 3.04. The van der Waals surface area contributed by atoms with E-state index in [-0.39, 0.29) is 0 Å². The molecule has 0 unspecified atom stereocenters. The Morgan fingerprint density at radius 3 is 2.16 bits per heavy atom. The zero-order valence-electron chi connectivity index (χ0n) is 16.4. The van der Waals surface area contributed by atoms with Crippen LogP contribution in [0.4, 0.5) is 0 Å². The summed E-state index contributed by atoms with van der Waals surface area (Å²) >= 11 is 0. The van der Waals surface area contributed by atoms with Crippen molar-refractivity contribution in [3.63, 3.8) is 0 Å². The quantitative estimate of drug-likeness (QED) is 0.588. The largest absolute Gasteiger partial charge is 0.357 e. The standard InChI is InChI=1S/C20H35N5/c1-5-21-20(23-17(3)4)22-15-18-7-9-19(10-8-18)16-25-13-11-24(6-2)12-14-25/h7-10,17H,5-6,11-16H2,1-4H3,(H2,21,22,23). The number of nitrogens with zero attached hydrogens (tertiary/aromatic N) is 3. The normalized spacial score (nSPS) is 17.1. The van der Waals surface area contributed by atoms with Gasteiger partial charge in [-0.05, 0) is 38.4 Å². The van der Waals surface area contributed by atoms with Gasteiger partial charge in [0.15, 0.2) is 5.96 Å². The number of guanidine groups is 1. The summed E-state index contributed by atoms with van der Waals surface area (Å²) in [6.45, 7) is 17.1. The molecule has 0 atom stereocenters. The first-order valence-electron chi connectivity index (χ1n) is 9.68. The van der Waals surface area contributed by atoms with Crippen LogP contribution < -0.4 is 10.6 Å². The van der Waals surface area contributed by atoms with Crippen LogP contribution in [-0.2, 0) is 13.1 Å². The first kappa shape index (κ1) is 19.7. The maximum atomic E-state index is 4.67. The third kappa shape index (κ3) is 7.04. The fourth-order valence-corrected chi connectivity index (χ4v) is 3.04. The second-order valence-electron chi connectivity index (χ2n) is 7.02. The number of hydrogen-bond acceptors (Lipinski definition) is 3. The van der Waals surface area contributed by atoms with Gasteiger partial charge in [-0.15, -0.1) is 0 Å². The molecule has 0 amide bonds. The lowest BCUT2D eigenvalue weighted by Crippen LogP contribution is -2.45. The molecule has 1 aromatic carbocycles. The molecular formula is C20H35N5. The minimum Gasteiger partial charge on any atom is -0.357 e. The van der Waals surface area contributed by atoms with Crippen molar-refractivity contribution in [1.82, 2.24) is 20.4 Å². The van der Waals surface area contributed by atoms with Crippen molar-refractivity contribution in [2.24, 2.45) is 4.99 Å². The maximum Gasteiger partial charge on any atom is 0.191 e. The zero-order valence-corrected chi connectivity index (χ0v) is 16.4. The van der Waals surface area contributed by atoms with Crippen molar-refractivity contribution in [1.29, 1.82) is 0 Å². The molecule has 1 saturated heterocycles. The lowest BCUT2D eigenvalue weighted by molar-refractivity contribution is 0.132. The van der Waals surface area contributed by atoms with Crippen molar-refractivity contribution in [3.05, 3.63) is 35.4 Å². The number of benzene rings is 1. The summed E-state index contributed by atoms with van der Waals surface area (Å²) < 4.78 is 0. The van der Waals surface area contributed by atoms with Gasteiger partial charge in [0.05, 0.1) is 6.54 Å². The summed E-state index contributed by atoms with van der Waals surface area (Å²) in [7, 11) is 0. The number of hydrogen-bond donors (Lipinski definition) is 2. The predicted octanol–water partition coefficient (Wildman–Crippen LogP) is 2.29. The van der Waals surface area contributed by atoms with Crippen molar-refractivity contribution in [2.45, 2.75) is 46.8 Å². The van der Waals surface area contributed by atoms with Crippen molar-refractivity contribution in [3.8, 4) is 0 Å². The number of rotatable bonds is 7.